The van der Waals surface area contributed by atoms with Crippen molar-refractivity contribution in [1.82, 2.24) is 15.1 Å². The topological polar surface area (TPSA) is 35.6 Å². The van der Waals surface area contributed by atoms with Gasteiger partial charge in [0.1, 0.15) is 0 Å². The quantitative estimate of drug-likeness (QED) is 0.814. The van der Waals surface area contributed by atoms with E-state index in [4.69, 9.17) is 0 Å². The van der Waals surface area contributed by atoms with Crippen LogP contribution < -0.4 is 5.32 Å². The molecule has 0 bridgehead atoms. The van der Waals surface area contributed by atoms with Crippen LogP contribution in [0.15, 0.2) is 0 Å². The van der Waals surface area contributed by atoms with Crippen LogP contribution >= 0.6 is 0 Å². The first-order valence-corrected chi connectivity index (χ1v) is 6.09. The second kappa shape index (κ2) is 6.38. The summed E-state index contributed by atoms with van der Waals surface area (Å²) in [6.07, 6.45) is -4.27. The highest BCUT2D eigenvalue weighted by Crippen LogP contribution is 2.18. The first-order chi connectivity index (χ1) is 8.29. The summed E-state index contributed by atoms with van der Waals surface area (Å²) in [6.45, 7) is 4.65. The van der Waals surface area contributed by atoms with Crippen LogP contribution in [0.2, 0.25) is 0 Å². The minimum absolute atomic E-state index is 0.169. The number of hydrogen-bond donors (Lipinski definition) is 1. The fraction of sp³-hybridized carbons (Fsp3) is 0.909. The van der Waals surface area contributed by atoms with Gasteiger partial charge >= 0.3 is 6.18 Å². The lowest BCUT2D eigenvalue weighted by Gasteiger charge is -2.32. The molecule has 18 heavy (non-hydrogen) atoms. The van der Waals surface area contributed by atoms with Gasteiger partial charge in [-0.3, -0.25) is 9.69 Å². The average molecular weight is 267 g/mol. The van der Waals surface area contributed by atoms with Gasteiger partial charge < -0.3 is 10.2 Å². The fourth-order valence-corrected chi connectivity index (χ4v) is 1.84. The third-order valence-electron chi connectivity index (χ3n) is 2.92. The Bertz CT molecular complexity index is 275. The summed E-state index contributed by atoms with van der Waals surface area (Å²) < 4.78 is 37.1. The van der Waals surface area contributed by atoms with Crippen LogP contribution in [-0.2, 0) is 4.79 Å². The molecule has 1 aliphatic rings. The first-order valence-electron chi connectivity index (χ1n) is 6.09. The molecule has 1 rings (SSSR count). The van der Waals surface area contributed by atoms with Gasteiger partial charge in [-0.25, -0.2) is 0 Å². The maximum absolute atomic E-state index is 12.4. The molecule has 1 N–H and O–H groups in total. The lowest BCUT2D eigenvalue weighted by molar-refractivity contribution is -0.155. The highest BCUT2D eigenvalue weighted by atomic mass is 19.4. The molecule has 0 spiro atoms. The lowest BCUT2D eigenvalue weighted by Crippen LogP contribution is -2.51. The highest BCUT2D eigenvalue weighted by Gasteiger charge is 2.33. The van der Waals surface area contributed by atoms with E-state index in [-0.39, 0.29) is 18.5 Å². The van der Waals surface area contributed by atoms with E-state index in [2.05, 4.69) is 5.32 Å². The molecule has 0 unspecified atom stereocenters. The van der Waals surface area contributed by atoms with Crippen LogP contribution in [0.4, 0.5) is 13.2 Å². The van der Waals surface area contributed by atoms with Gasteiger partial charge in [0.2, 0.25) is 5.91 Å². The van der Waals surface area contributed by atoms with Gasteiger partial charge in [-0.15, -0.1) is 0 Å². The van der Waals surface area contributed by atoms with Crippen molar-refractivity contribution < 1.29 is 18.0 Å². The standard InChI is InChI=1S/C11H20F3N3O/c1-9(2)17(8-11(12,13)14)7-10(18)16-5-3-15-4-6-16/h9,15H,3-8H2,1-2H3. The highest BCUT2D eigenvalue weighted by molar-refractivity contribution is 5.78. The van der Waals surface area contributed by atoms with Gasteiger partial charge in [-0.2, -0.15) is 13.2 Å². The molecule has 7 heteroatoms. The van der Waals surface area contributed by atoms with Crippen LogP contribution in [0.25, 0.3) is 0 Å². The smallest absolute Gasteiger partial charge is 0.339 e. The molecular formula is C11H20F3N3O. The van der Waals surface area contributed by atoms with Crippen LogP contribution in [0.3, 0.4) is 0 Å². The number of carbonyl (C=O) groups excluding carboxylic acids is 1. The molecule has 0 aromatic rings. The molecule has 0 aromatic heterocycles. The summed E-state index contributed by atoms with van der Waals surface area (Å²) in [7, 11) is 0. The maximum Gasteiger partial charge on any atom is 0.401 e. The van der Waals surface area contributed by atoms with Crippen molar-refractivity contribution in [2.45, 2.75) is 26.1 Å². The molecule has 0 radical (unpaired) electrons. The monoisotopic (exact) mass is 267 g/mol. The number of piperazine rings is 1. The Morgan fingerprint density at radius 1 is 1.33 bits per heavy atom. The van der Waals surface area contributed by atoms with Crippen LogP contribution in [0.5, 0.6) is 0 Å². The van der Waals surface area contributed by atoms with E-state index in [1.54, 1.807) is 18.7 Å². The molecule has 0 saturated carbocycles. The maximum atomic E-state index is 12.4. The van der Waals surface area contributed by atoms with Gasteiger partial charge in [0.15, 0.2) is 0 Å². The first kappa shape index (κ1) is 15.2. The van der Waals surface area contributed by atoms with Crippen LogP contribution in [0, 0.1) is 0 Å². The van der Waals surface area contributed by atoms with Crippen molar-refractivity contribution in [3.05, 3.63) is 0 Å². The summed E-state index contributed by atoms with van der Waals surface area (Å²) in [5.74, 6) is -0.227. The lowest BCUT2D eigenvalue weighted by atomic mass is 10.3. The van der Waals surface area contributed by atoms with Gasteiger partial charge in [-0.1, -0.05) is 0 Å². The molecule has 0 aliphatic carbocycles. The molecule has 106 valence electrons. The van der Waals surface area contributed by atoms with Crippen molar-refractivity contribution >= 4 is 5.91 Å². The third-order valence-corrected chi connectivity index (χ3v) is 2.92. The minimum atomic E-state index is -4.27. The second-order valence-corrected chi connectivity index (χ2v) is 4.74. The SMILES string of the molecule is CC(C)N(CC(=O)N1CCNCC1)CC(F)(F)F. The Morgan fingerprint density at radius 2 is 1.89 bits per heavy atom. The summed E-state index contributed by atoms with van der Waals surface area (Å²) in [5, 5.41) is 3.10. The summed E-state index contributed by atoms with van der Waals surface area (Å²) in [5.41, 5.74) is 0. The van der Waals surface area contributed by atoms with Crippen LogP contribution in [0.1, 0.15) is 13.8 Å². The van der Waals surface area contributed by atoms with E-state index in [1.807, 2.05) is 0 Å². The van der Waals surface area contributed by atoms with E-state index < -0.39 is 12.7 Å². The molecule has 4 nitrogen and oxygen atoms in total. The van der Waals surface area contributed by atoms with E-state index in [0.717, 1.165) is 4.90 Å². The molecule has 0 aromatic carbocycles. The number of carbonyl (C=O) groups is 1. The van der Waals surface area contributed by atoms with Crippen LogP contribution in [-0.4, -0.2) is 67.2 Å². The Morgan fingerprint density at radius 3 is 2.33 bits per heavy atom. The van der Waals surface area contributed by atoms with E-state index >= 15 is 0 Å². The van der Waals surface area contributed by atoms with Crippen molar-refractivity contribution in [3.63, 3.8) is 0 Å². The second-order valence-electron chi connectivity index (χ2n) is 4.74. The molecule has 1 amide bonds. The molecule has 0 atom stereocenters. The zero-order chi connectivity index (χ0) is 13.8. The molecule has 1 fully saturated rings. The predicted molar refractivity (Wildman–Crippen MR) is 62.2 cm³/mol. The van der Waals surface area contributed by atoms with Crippen molar-refractivity contribution in [3.8, 4) is 0 Å². The number of nitrogens with zero attached hydrogens (tertiary/aromatic N) is 2. The fourth-order valence-electron chi connectivity index (χ4n) is 1.84. The van der Waals surface area contributed by atoms with Gasteiger partial charge in [0.05, 0.1) is 13.1 Å². The van der Waals surface area contributed by atoms with Crippen molar-refractivity contribution in [1.29, 1.82) is 0 Å². The Hall–Kier alpha value is -0.820. The minimum Gasteiger partial charge on any atom is -0.339 e. The Kier molecular flexibility index (Phi) is 5.40. The number of halogens is 3. The van der Waals surface area contributed by atoms with Gasteiger partial charge in [0, 0.05) is 32.2 Å². The number of alkyl halides is 3. The number of nitrogens with one attached hydrogen (secondary N) is 1. The zero-order valence-electron chi connectivity index (χ0n) is 10.8. The summed E-state index contributed by atoms with van der Waals surface area (Å²) >= 11 is 0. The predicted octanol–water partition coefficient (Wildman–Crippen LogP) is 0.691. The van der Waals surface area contributed by atoms with Gasteiger partial charge in [0.25, 0.3) is 0 Å². The summed E-state index contributed by atoms with van der Waals surface area (Å²) in [4.78, 5) is 14.7. The average Bonchev–Trinajstić information content (AvgIpc) is 2.27. The van der Waals surface area contributed by atoms with E-state index in [9.17, 15) is 18.0 Å². The van der Waals surface area contributed by atoms with Gasteiger partial charge in [-0.05, 0) is 13.8 Å². The Balaban J connectivity index is 2.51. The number of amides is 1. The number of rotatable bonds is 4. The normalized spacial score (nSPS) is 17.6. The van der Waals surface area contributed by atoms with Crippen molar-refractivity contribution in [2.24, 2.45) is 0 Å². The Labute approximate surface area is 105 Å². The largest absolute Gasteiger partial charge is 0.401 e. The van der Waals surface area contributed by atoms with Crippen molar-refractivity contribution in [2.75, 3.05) is 39.3 Å². The molecule has 1 heterocycles. The molecule has 1 saturated heterocycles. The third kappa shape index (κ3) is 5.22. The summed E-state index contributed by atoms with van der Waals surface area (Å²) in [6, 6.07) is -0.307. The number of hydrogen-bond acceptors (Lipinski definition) is 3. The molecule has 1 aliphatic heterocycles. The van der Waals surface area contributed by atoms with E-state index in [0.29, 0.717) is 26.2 Å². The van der Waals surface area contributed by atoms with E-state index in [1.165, 1.54) is 0 Å². The zero-order valence-corrected chi connectivity index (χ0v) is 10.8. The molecular weight excluding hydrogens is 247 g/mol.